The fraction of sp³-hybridized carbons (Fsp3) is 0.789. The van der Waals surface area contributed by atoms with E-state index in [1.807, 2.05) is 11.3 Å². The second-order valence-electron chi connectivity index (χ2n) is 8.42. The smallest absolute Gasteiger partial charge is 0.0300 e. The second-order valence-corrected chi connectivity index (χ2v) is 9.59. The van der Waals surface area contributed by atoms with Gasteiger partial charge in [0.25, 0.3) is 0 Å². The Morgan fingerprint density at radius 1 is 1.19 bits per heavy atom. The first kappa shape index (κ1) is 17.0. The van der Waals surface area contributed by atoms with Crippen LogP contribution in [0.2, 0.25) is 0 Å². The third-order valence-corrected chi connectivity index (χ3v) is 6.22. The van der Waals surface area contributed by atoms with Gasteiger partial charge in [-0.1, -0.05) is 47.5 Å². The monoisotopic (exact) mass is 307 g/mol. The molecular formula is C19H33NS. The molecule has 21 heavy (non-hydrogen) atoms. The molecule has 2 rings (SSSR count). The maximum absolute atomic E-state index is 3.77. The van der Waals surface area contributed by atoms with Crippen LogP contribution in [0.4, 0.5) is 0 Å². The van der Waals surface area contributed by atoms with E-state index in [-0.39, 0.29) is 5.41 Å². The maximum Gasteiger partial charge on any atom is 0.0300 e. The van der Waals surface area contributed by atoms with E-state index in [4.69, 9.17) is 0 Å². The standard InChI is InChI=1S/C19H33NS/c1-15(2)12-19(10-6-7-11-19)14-20-13-16-8-9-17(21-16)18(3,4)5/h8-9,15,20H,6-7,10-14H2,1-5H3. The van der Waals surface area contributed by atoms with Crippen LogP contribution in [0.15, 0.2) is 12.1 Å². The molecule has 120 valence electrons. The van der Waals surface area contributed by atoms with Crippen LogP contribution in [0.25, 0.3) is 0 Å². The largest absolute Gasteiger partial charge is 0.311 e. The summed E-state index contributed by atoms with van der Waals surface area (Å²) >= 11 is 1.97. The highest BCUT2D eigenvalue weighted by molar-refractivity contribution is 7.12. The molecule has 0 radical (unpaired) electrons. The summed E-state index contributed by atoms with van der Waals surface area (Å²) in [7, 11) is 0. The van der Waals surface area contributed by atoms with Crippen molar-refractivity contribution in [3.8, 4) is 0 Å². The predicted molar refractivity (Wildman–Crippen MR) is 95.1 cm³/mol. The fourth-order valence-corrected chi connectivity index (χ4v) is 4.81. The molecule has 0 atom stereocenters. The highest BCUT2D eigenvalue weighted by Gasteiger charge is 2.33. The average Bonchev–Trinajstić information content (AvgIpc) is 2.97. The molecular weight excluding hydrogens is 274 g/mol. The van der Waals surface area contributed by atoms with Crippen molar-refractivity contribution in [2.45, 2.75) is 78.7 Å². The molecule has 0 bridgehead atoms. The number of hydrogen-bond donors (Lipinski definition) is 1. The Bertz CT molecular complexity index is 433. The summed E-state index contributed by atoms with van der Waals surface area (Å²) in [6.45, 7) is 13.9. The Hall–Kier alpha value is -0.340. The molecule has 0 unspecified atom stereocenters. The molecule has 1 aliphatic rings. The van der Waals surface area contributed by atoms with Crippen molar-refractivity contribution in [1.29, 1.82) is 0 Å². The summed E-state index contributed by atoms with van der Waals surface area (Å²) in [4.78, 5) is 2.98. The van der Waals surface area contributed by atoms with Gasteiger partial charge in [0.15, 0.2) is 0 Å². The minimum absolute atomic E-state index is 0.285. The van der Waals surface area contributed by atoms with Gasteiger partial charge in [-0.05, 0) is 48.1 Å². The van der Waals surface area contributed by atoms with Crippen LogP contribution in [0.3, 0.4) is 0 Å². The van der Waals surface area contributed by atoms with E-state index in [0.29, 0.717) is 5.41 Å². The molecule has 0 saturated heterocycles. The highest BCUT2D eigenvalue weighted by Crippen LogP contribution is 2.42. The van der Waals surface area contributed by atoms with Crippen molar-refractivity contribution < 1.29 is 0 Å². The van der Waals surface area contributed by atoms with Gasteiger partial charge in [-0.25, -0.2) is 0 Å². The zero-order valence-corrected chi connectivity index (χ0v) is 15.4. The summed E-state index contributed by atoms with van der Waals surface area (Å²) in [6, 6.07) is 4.61. The Morgan fingerprint density at radius 2 is 1.86 bits per heavy atom. The molecule has 2 heteroatoms. The molecule has 1 nitrogen and oxygen atoms in total. The van der Waals surface area contributed by atoms with E-state index >= 15 is 0 Å². The lowest BCUT2D eigenvalue weighted by Gasteiger charge is -2.31. The lowest BCUT2D eigenvalue weighted by atomic mass is 9.78. The van der Waals surface area contributed by atoms with Crippen LogP contribution in [0.1, 0.15) is 76.5 Å². The Morgan fingerprint density at radius 3 is 2.38 bits per heavy atom. The quantitative estimate of drug-likeness (QED) is 0.706. The highest BCUT2D eigenvalue weighted by atomic mass is 32.1. The summed E-state index contributed by atoms with van der Waals surface area (Å²) < 4.78 is 0. The minimum atomic E-state index is 0.285. The minimum Gasteiger partial charge on any atom is -0.311 e. The molecule has 0 spiro atoms. The molecule has 1 aliphatic carbocycles. The Balaban J connectivity index is 1.86. The van der Waals surface area contributed by atoms with Gasteiger partial charge in [0.05, 0.1) is 0 Å². The van der Waals surface area contributed by atoms with E-state index in [2.05, 4.69) is 52.1 Å². The molecule has 0 aromatic carbocycles. The summed E-state index contributed by atoms with van der Waals surface area (Å²) in [5.74, 6) is 0.819. The molecule has 0 aliphatic heterocycles. The van der Waals surface area contributed by atoms with Crippen molar-refractivity contribution >= 4 is 11.3 Å². The van der Waals surface area contributed by atoms with Gasteiger partial charge < -0.3 is 5.32 Å². The second kappa shape index (κ2) is 6.83. The summed E-state index contributed by atoms with van der Waals surface area (Å²) in [5, 5.41) is 3.77. The van der Waals surface area contributed by atoms with Gasteiger partial charge in [0, 0.05) is 22.8 Å². The summed E-state index contributed by atoms with van der Waals surface area (Å²) in [5.41, 5.74) is 0.867. The molecule has 1 aromatic rings. The lowest BCUT2D eigenvalue weighted by molar-refractivity contribution is 0.224. The van der Waals surface area contributed by atoms with Gasteiger partial charge in [-0.2, -0.15) is 0 Å². The first-order valence-electron chi connectivity index (χ1n) is 8.61. The first-order valence-corrected chi connectivity index (χ1v) is 9.42. The average molecular weight is 308 g/mol. The van der Waals surface area contributed by atoms with Crippen LogP contribution in [0.5, 0.6) is 0 Å². The van der Waals surface area contributed by atoms with E-state index in [1.54, 1.807) is 0 Å². The fourth-order valence-electron chi connectivity index (χ4n) is 3.77. The zero-order chi connectivity index (χ0) is 15.5. The van der Waals surface area contributed by atoms with Crippen molar-refractivity contribution in [2.75, 3.05) is 6.54 Å². The van der Waals surface area contributed by atoms with E-state index in [9.17, 15) is 0 Å². The van der Waals surface area contributed by atoms with E-state index in [1.165, 1.54) is 48.4 Å². The van der Waals surface area contributed by atoms with Crippen LogP contribution >= 0.6 is 11.3 Å². The van der Waals surface area contributed by atoms with Crippen LogP contribution in [0, 0.1) is 11.3 Å². The lowest BCUT2D eigenvalue weighted by Crippen LogP contribution is -2.32. The van der Waals surface area contributed by atoms with Crippen LogP contribution in [-0.2, 0) is 12.0 Å². The number of hydrogen-bond acceptors (Lipinski definition) is 2. The molecule has 1 heterocycles. The molecule has 1 saturated carbocycles. The molecule has 1 N–H and O–H groups in total. The van der Waals surface area contributed by atoms with Crippen molar-refractivity contribution in [2.24, 2.45) is 11.3 Å². The molecule has 1 fully saturated rings. The predicted octanol–water partition coefficient (Wildman–Crippen LogP) is 5.74. The van der Waals surface area contributed by atoms with Gasteiger partial charge in [-0.15, -0.1) is 11.3 Å². The first-order chi connectivity index (χ1) is 9.81. The van der Waals surface area contributed by atoms with E-state index < -0.39 is 0 Å². The number of nitrogens with one attached hydrogen (secondary N) is 1. The van der Waals surface area contributed by atoms with Crippen molar-refractivity contribution in [1.82, 2.24) is 5.32 Å². The third kappa shape index (κ3) is 4.82. The number of thiophene rings is 1. The number of rotatable bonds is 6. The van der Waals surface area contributed by atoms with Gasteiger partial charge >= 0.3 is 0 Å². The SMILES string of the molecule is CC(C)CC1(CNCc2ccc(C(C)(C)C)s2)CCCC1. The molecule has 1 aromatic heterocycles. The van der Waals surface area contributed by atoms with Gasteiger partial charge in [0.1, 0.15) is 0 Å². The topological polar surface area (TPSA) is 12.0 Å². The van der Waals surface area contributed by atoms with Gasteiger partial charge in [-0.3, -0.25) is 0 Å². The molecule has 0 amide bonds. The van der Waals surface area contributed by atoms with Crippen molar-refractivity contribution in [3.05, 3.63) is 21.9 Å². The third-order valence-electron chi connectivity index (χ3n) is 4.71. The zero-order valence-electron chi connectivity index (χ0n) is 14.6. The Kier molecular flexibility index (Phi) is 5.54. The van der Waals surface area contributed by atoms with Crippen LogP contribution in [-0.4, -0.2) is 6.54 Å². The maximum atomic E-state index is 3.77. The van der Waals surface area contributed by atoms with E-state index in [0.717, 1.165) is 12.5 Å². The van der Waals surface area contributed by atoms with Crippen molar-refractivity contribution in [3.63, 3.8) is 0 Å². The van der Waals surface area contributed by atoms with Crippen LogP contribution < -0.4 is 5.32 Å². The Labute approximate surface area is 135 Å². The summed E-state index contributed by atoms with van der Waals surface area (Å²) in [6.07, 6.45) is 7.10. The van der Waals surface area contributed by atoms with Gasteiger partial charge in [0.2, 0.25) is 0 Å². The normalized spacial score (nSPS) is 18.6.